The van der Waals surface area contributed by atoms with Gasteiger partial charge >= 0.3 is 0 Å². The Morgan fingerprint density at radius 2 is 2.00 bits per heavy atom. The molecule has 90 valence electrons. The minimum absolute atomic E-state index is 0. The van der Waals surface area contributed by atoms with E-state index in [1.807, 2.05) is 0 Å². The van der Waals surface area contributed by atoms with E-state index in [4.69, 9.17) is 5.73 Å². The number of nitrogens with one attached hydrogen (secondary N) is 1. The van der Waals surface area contributed by atoms with Gasteiger partial charge in [0.05, 0.1) is 12.7 Å². The van der Waals surface area contributed by atoms with Crippen molar-refractivity contribution in [3.8, 4) is 11.5 Å². The molecule has 9 heteroatoms. The van der Waals surface area contributed by atoms with Gasteiger partial charge in [0.2, 0.25) is 5.82 Å². The summed E-state index contributed by atoms with van der Waals surface area (Å²) < 4.78 is 0. The minimum atomic E-state index is 0. The van der Waals surface area contributed by atoms with E-state index in [1.54, 1.807) is 18.6 Å². The molecule has 0 spiro atoms. The Kier molecular flexibility index (Phi) is 8.50. The second-order valence-electron chi connectivity index (χ2n) is 2.40. The average Bonchev–Trinajstić information content (AvgIpc) is 2.67. The molecule has 2 rings (SSSR count). The Balaban J connectivity index is 0. The molecule has 0 atom stereocenters. The van der Waals surface area contributed by atoms with Crippen LogP contribution in [0.2, 0.25) is 0 Å². The number of halogens is 2. The molecule has 7 nitrogen and oxygen atoms in total. The molecule has 0 amide bonds. The van der Waals surface area contributed by atoms with E-state index in [-0.39, 0.29) is 30.3 Å². The summed E-state index contributed by atoms with van der Waals surface area (Å²) in [5.74, 6) is 1.16. The Hall–Kier alpha value is -1.28. The summed E-state index contributed by atoms with van der Waals surface area (Å²) in [6.45, 7) is 0.341. The Bertz CT molecular complexity index is 395. The van der Waals surface area contributed by atoms with Crippen molar-refractivity contribution < 1.29 is 5.48 Å². The van der Waals surface area contributed by atoms with Gasteiger partial charge in [-0.15, -0.1) is 24.8 Å². The van der Waals surface area contributed by atoms with Crippen molar-refractivity contribution in [1.29, 1.82) is 0 Å². The van der Waals surface area contributed by atoms with Crippen LogP contribution in [-0.2, 0) is 6.54 Å². The van der Waals surface area contributed by atoms with Gasteiger partial charge in [-0.3, -0.25) is 10.1 Å². The third-order valence-electron chi connectivity index (χ3n) is 1.52. The standard InChI is InChI=1S/C7H8N6.2ClH.H2O/c8-3-6-11-7(13-12-6)5-4-9-1-2-10-5;;;/h1-2,4H,3,8H2,(H,11,12,13);2*1H;1H2. The normalized spacial score (nSPS) is 8.31. The second-order valence-corrected chi connectivity index (χ2v) is 2.40. The summed E-state index contributed by atoms with van der Waals surface area (Å²) in [6.07, 6.45) is 4.79. The lowest BCUT2D eigenvalue weighted by Gasteiger charge is -1.89. The number of rotatable bonds is 2. The van der Waals surface area contributed by atoms with Gasteiger partial charge in [0.1, 0.15) is 11.5 Å². The fourth-order valence-corrected chi connectivity index (χ4v) is 0.916. The first kappa shape index (κ1) is 17.1. The maximum Gasteiger partial charge on any atom is 0.201 e. The number of hydrogen-bond acceptors (Lipinski definition) is 5. The van der Waals surface area contributed by atoms with Crippen molar-refractivity contribution in [3.05, 3.63) is 24.4 Å². The molecule has 0 aromatic carbocycles. The Labute approximate surface area is 104 Å². The van der Waals surface area contributed by atoms with Crippen molar-refractivity contribution >= 4 is 24.8 Å². The molecule has 0 saturated carbocycles. The fraction of sp³-hybridized carbons (Fsp3) is 0.143. The highest BCUT2D eigenvalue weighted by atomic mass is 35.5. The number of nitrogens with zero attached hydrogens (tertiary/aromatic N) is 4. The first-order valence-corrected chi connectivity index (χ1v) is 3.78. The van der Waals surface area contributed by atoms with Crippen LogP contribution in [0.4, 0.5) is 0 Å². The Morgan fingerprint density at radius 3 is 2.50 bits per heavy atom. The first-order chi connectivity index (χ1) is 6.40. The second kappa shape index (κ2) is 7.94. The molecule has 0 aliphatic heterocycles. The van der Waals surface area contributed by atoms with Crippen molar-refractivity contribution in [1.82, 2.24) is 25.1 Å². The lowest BCUT2D eigenvalue weighted by molar-refractivity contribution is 0.824. The number of aromatic amines is 1. The summed E-state index contributed by atoms with van der Waals surface area (Å²) >= 11 is 0. The van der Waals surface area contributed by atoms with Crippen molar-refractivity contribution in [2.75, 3.05) is 0 Å². The zero-order chi connectivity index (χ0) is 9.10. The SMILES string of the molecule is Cl.Cl.NCc1nc(-c2cnccn2)n[nH]1.O. The topological polar surface area (TPSA) is 125 Å². The largest absolute Gasteiger partial charge is 0.412 e. The van der Waals surface area contributed by atoms with E-state index in [0.717, 1.165) is 0 Å². The maximum atomic E-state index is 5.37. The average molecular weight is 267 g/mol. The summed E-state index contributed by atoms with van der Waals surface area (Å²) in [7, 11) is 0. The molecule has 16 heavy (non-hydrogen) atoms. The molecule has 2 heterocycles. The highest BCUT2D eigenvalue weighted by Crippen LogP contribution is 2.07. The summed E-state index contributed by atoms with van der Waals surface area (Å²) in [6, 6.07) is 0. The number of nitrogens with two attached hydrogens (primary N) is 1. The predicted octanol–water partition coefficient (Wildman–Crippen LogP) is -0.261. The third-order valence-corrected chi connectivity index (χ3v) is 1.52. The van der Waals surface area contributed by atoms with Crippen LogP contribution in [0.25, 0.3) is 11.5 Å². The molecule has 0 aliphatic carbocycles. The van der Waals surface area contributed by atoms with E-state index in [2.05, 4.69) is 25.1 Å². The number of hydrogen-bond donors (Lipinski definition) is 2. The molecular weight excluding hydrogens is 255 g/mol. The van der Waals surface area contributed by atoms with Gasteiger partial charge < -0.3 is 11.2 Å². The summed E-state index contributed by atoms with van der Waals surface area (Å²) in [5, 5.41) is 6.64. The smallest absolute Gasteiger partial charge is 0.201 e. The molecule has 2 aromatic heterocycles. The van der Waals surface area contributed by atoms with Crippen LogP contribution in [0.1, 0.15) is 5.82 Å². The van der Waals surface area contributed by atoms with Crippen molar-refractivity contribution in [2.45, 2.75) is 6.54 Å². The van der Waals surface area contributed by atoms with Gasteiger partial charge in [-0.25, -0.2) is 9.97 Å². The lowest BCUT2D eigenvalue weighted by atomic mass is 10.4. The quantitative estimate of drug-likeness (QED) is 0.775. The molecule has 0 aliphatic rings. The number of aromatic nitrogens is 5. The molecule has 0 saturated heterocycles. The van der Waals surface area contributed by atoms with E-state index in [9.17, 15) is 0 Å². The molecular formula is C7H12Cl2N6O. The van der Waals surface area contributed by atoms with E-state index < -0.39 is 0 Å². The van der Waals surface area contributed by atoms with E-state index in [1.165, 1.54) is 0 Å². The lowest BCUT2D eigenvalue weighted by Crippen LogP contribution is -1.98. The number of H-pyrrole nitrogens is 1. The van der Waals surface area contributed by atoms with Gasteiger partial charge in [0.15, 0.2) is 0 Å². The van der Waals surface area contributed by atoms with Crippen LogP contribution in [0.5, 0.6) is 0 Å². The van der Waals surface area contributed by atoms with Crippen LogP contribution in [-0.4, -0.2) is 30.6 Å². The minimum Gasteiger partial charge on any atom is -0.412 e. The van der Waals surface area contributed by atoms with Crippen LogP contribution >= 0.6 is 24.8 Å². The van der Waals surface area contributed by atoms with Crippen molar-refractivity contribution in [3.63, 3.8) is 0 Å². The third kappa shape index (κ3) is 3.70. The molecule has 0 bridgehead atoms. The highest BCUT2D eigenvalue weighted by molar-refractivity contribution is 5.85. The van der Waals surface area contributed by atoms with E-state index >= 15 is 0 Å². The molecule has 5 N–H and O–H groups in total. The van der Waals surface area contributed by atoms with Gasteiger partial charge in [0.25, 0.3) is 0 Å². The Morgan fingerprint density at radius 1 is 1.25 bits per heavy atom. The summed E-state index contributed by atoms with van der Waals surface area (Å²) in [5.41, 5.74) is 6.01. The maximum absolute atomic E-state index is 5.37. The van der Waals surface area contributed by atoms with Crippen LogP contribution in [0.3, 0.4) is 0 Å². The van der Waals surface area contributed by atoms with Gasteiger partial charge in [-0.2, -0.15) is 5.10 Å². The molecule has 2 aromatic rings. The summed E-state index contributed by atoms with van der Waals surface area (Å²) in [4.78, 5) is 12.1. The highest BCUT2D eigenvalue weighted by Gasteiger charge is 2.04. The van der Waals surface area contributed by atoms with Gasteiger partial charge in [0, 0.05) is 12.4 Å². The van der Waals surface area contributed by atoms with Gasteiger partial charge in [-0.1, -0.05) is 0 Å². The fourth-order valence-electron chi connectivity index (χ4n) is 0.916. The predicted molar refractivity (Wildman–Crippen MR) is 63.4 cm³/mol. The van der Waals surface area contributed by atoms with Gasteiger partial charge in [-0.05, 0) is 0 Å². The van der Waals surface area contributed by atoms with E-state index in [0.29, 0.717) is 23.9 Å². The van der Waals surface area contributed by atoms with Crippen LogP contribution in [0.15, 0.2) is 18.6 Å². The molecule has 0 fully saturated rings. The molecule has 0 unspecified atom stereocenters. The molecule has 0 radical (unpaired) electrons. The van der Waals surface area contributed by atoms with Crippen LogP contribution < -0.4 is 5.73 Å². The zero-order valence-electron chi connectivity index (χ0n) is 8.12. The van der Waals surface area contributed by atoms with Crippen molar-refractivity contribution in [2.24, 2.45) is 5.73 Å². The van der Waals surface area contributed by atoms with Crippen LogP contribution in [0, 0.1) is 0 Å². The zero-order valence-corrected chi connectivity index (χ0v) is 9.75. The monoisotopic (exact) mass is 266 g/mol. The first-order valence-electron chi connectivity index (χ1n) is 3.78.